The Morgan fingerprint density at radius 1 is 0.958 bits per heavy atom. The third-order valence-corrected chi connectivity index (χ3v) is 4.22. The topological polar surface area (TPSA) is 74.8 Å². The van der Waals surface area contributed by atoms with E-state index in [0.717, 1.165) is 27.9 Å². The molecule has 6 heteroatoms. The molecule has 0 fully saturated rings. The maximum atomic E-state index is 11.8. The molecule has 0 spiro atoms. The van der Waals surface area contributed by atoms with E-state index in [1.54, 1.807) is 6.07 Å². The first kappa shape index (κ1) is 14.7. The summed E-state index contributed by atoms with van der Waals surface area (Å²) in [5, 5.41) is 10.1. The number of halogens is 1. The molecule has 1 amide bonds. The SMILES string of the molecule is O=C1Cc2cc(-c3ccc(=O)[nH]n3)cc(-c3ccc(Cl)cc3)c2N1. The number of carbonyl (C=O) groups excluding carboxylic acids is 1. The smallest absolute Gasteiger partial charge is 0.264 e. The van der Waals surface area contributed by atoms with E-state index in [1.165, 1.54) is 6.07 Å². The molecule has 5 nitrogen and oxygen atoms in total. The van der Waals surface area contributed by atoms with Gasteiger partial charge in [0.1, 0.15) is 0 Å². The van der Waals surface area contributed by atoms with Crippen molar-refractivity contribution in [3.63, 3.8) is 0 Å². The number of nitrogens with zero attached hydrogens (tertiary/aromatic N) is 1. The van der Waals surface area contributed by atoms with Gasteiger partial charge in [-0.1, -0.05) is 23.7 Å². The van der Waals surface area contributed by atoms with Crippen LogP contribution in [0, 0.1) is 0 Å². The van der Waals surface area contributed by atoms with Gasteiger partial charge < -0.3 is 5.32 Å². The molecule has 0 aliphatic carbocycles. The van der Waals surface area contributed by atoms with Crippen LogP contribution >= 0.6 is 11.6 Å². The first-order chi connectivity index (χ1) is 11.6. The molecule has 0 unspecified atom stereocenters. The van der Waals surface area contributed by atoms with Crippen LogP contribution in [-0.2, 0) is 11.2 Å². The zero-order valence-corrected chi connectivity index (χ0v) is 13.2. The minimum absolute atomic E-state index is 0.0354. The summed E-state index contributed by atoms with van der Waals surface area (Å²) < 4.78 is 0. The highest BCUT2D eigenvalue weighted by Gasteiger charge is 2.23. The fourth-order valence-corrected chi connectivity index (χ4v) is 2.98. The minimum Gasteiger partial charge on any atom is -0.325 e. The molecule has 2 heterocycles. The minimum atomic E-state index is -0.255. The predicted molar refractivity (Wildman–Crippen MR) is 93.1 cm³/mol. The van der Waals surface area contributed by atoms with Crippen LogP contribution in [0.3, 0.4) is 0 Å². The Morgan fingerprint density at radius 2 is 1.75 bits per heavy atom. The van der Waals surface area contributed by atoms with Gasteiger partial charge in [0.2, 0.25) is 5.91 Å². The number of aromatic amines is 1. The van der Waals surface area contributed by atoms with E-state index >= 15 is 0 Å². The second kappa shape index (κ2) is 5.62. The third-order valence-electron chi connectivity index (χ3n) is 3.97. The number of carbonyl (C=O) groups is 1. The number of hydrogen-bond donors (Lipinski definition) is 2. The second-order valence-electron chi connectivity index (χ2n) is 5.60. The van der Waals surface area contributed by atoms with Gasteiger partial charge >= 0.3 is 0 Å². The number of fused-ring (bicyclic) bond motifs is 1. The van der Waals surface area contributed by atoms with E-state index in [2.05, 4.69) is 15.5 Å². The predicted octanol–water partition coefficient (Wildman–Crippen LogP) is 3.25. The van der Waals surface area contributed by atoms with Crippen LogP contribution in [-0.4, -0.2) is 16.1 Å². The summed E-state index contributed by atoms with van der Waals surface area (Å²) in [5.74, 6) is -0.0354. The van der Waals surface area contributed by atoms with Gasteiger partial charge in [-0.05, 0) is 41.5 Å². The molecule has 24 heavy (non-hydrogen) atoms. The van der Waals surface area contributed by atoms with Crippen molar-refractivity contribution in [2.75, 3.05) is 5.32 Å². The molecule has 0 bridgehead atoms. The van der Waals surface area contributed by atoms with Crippen molar-refractivity contribution in [3.05, 3.63) is 69.5 Å². The maximum absolute atomic E-state index is 11.8. The zero-order valence-electron chi connectivity index (χ0n) is 12.5. The van der Waals surface area contributed by atoms with Crippen molar-refractivity contribution in [1.82, 2.24) is 10.2 Å². The molecule has 3 aromatic rings. The Balaban J connectivity index is 1.92. The van der Waals surface area contributed by atoms with Gasteiger partial charge in [0.15, 0.2) is 0 Å². The molecule has 0 saturated carbocycles. The standard InChI is InChI=1S/C18H12ClN3O2/c19-13-3-1-10(2-4-13)14-8-11(15-5-6-16(23)22-21-15)7-12-9-17(24)20-18(12)14/h1-8H,9H2,(H,20,24)(H,22,23). The monoisotopic (exact) mass is 337 g/mol. The molecule has 0 radical (unpaired) electrons. The van der Waals surface area contributed by atoms with E-state index in [9.17, 15) is 9.59 Å². The van der Waals surface area contributed by atoms with Gasteiger partial charge in [0, 0.05) is 22.2 Å². The molecule has 1 aliphatic rings. The average Bonchev–Trinajstić information content (AvgIpc) is 2.95. The summed E-state index contributed by atoms with van der Waals surface area (Å²) in [6.45, 7) is 0. The van der Waals surface area contributed by atoms with Crippen molar-refractivity contribution < 1.29 is 4.79 Å². The Bertz CT molecular complexity index is 989. The Hall–Kier alpha value is -2.92. The van der Waals surface area contributed by atoms with E-state index in [-0.39, 0.29) is 11.5 Å². The molecule has 118 valence electrons. The van der Waals surface area contributed by atoms with E-state index in [1.807, 2.05) is 36.4 Å². The first-order valence-electron chi connectivity index (χ1n) is 7.39. The van der Waals surface area contributed by atoms with Crippen molar-refractivity contribution >= 4 is 23.2 Å². The van der Waals surface area contributed by atoms with Crippen LogP contribution in [0.1, 0.15) is 5.56 Å². The van der Waals surface area contributed by atoms with Crippen LogP contribution in [0.5, 0.6) is 0 Å². The van der Waals surface area contributed by atoms with E-state index < -0.39 is 0 Å². The lowest BCUT2D eigenvalue weighted by Crippen LogP contribution is -2.05. The highest BCUT2D eigenvalue weighted by Crippen LogP contribution is 2.38. The number of benzene rings is 2. The number of hydrogen-bond acceptors (Lipinski definition) is 3. The summed E-state index contributed by atoms with van der Waals surface area (Å²) in [6, 6.07) is 14.4. The number of H-pyrrole nitrogens is 1. The molecular formula is C18H12ClN3O2. The molecule has 0 saturated heterocycles. The van der Waals surface area contributed by atoms with Crippen LogP contribution < -0.4 is 10.9 Å². The molecule has 2 aromatic carbocycles. The molecule has 1 aliphatic heterocycles. The van der Waals surface area contributed by atoms with E-state index in [4.69, 9.17) is 11.6 Å². The Labute approximate surface area is 142 Å². The highest BCUT2D eigenvalue weighted by molar-refractivity contribution is 6.30. The van der Waals surface area contributed by atoms with E-state index in [0.29, 0.717) is 17.1 Å². The zero-order chi connectivity index (χ0) is 16.7. The average molecular weight is 338 g/mol. The lowest BCUT2D eigenvalue weighted by Gasteiger charge is -2.12. The van der Waals surface area contributed by atoms with Gasteiger partial charge in [-0.25, -0.2) is 5.10 Å². The number of anilines is 1. The maximum Gasteiger partial charge on any atom is 0.264 e. The van der Waals surface area contributed by atoms with Gasteiger partial charge in [-0.2, -0.15) is 5.10 Å². The summed E-state index contributed by atoms with van der Waals surface area (Å²) in [5.41, 5.74) is 4.81. The van der Waals surface area contributed by atoms with Crippen LogP contribution in [0.25, 0.3) is 22.4 Å². The quantitative estimate of drug-likeness (QED) is 0.753. The summed E-state index contributed by atoms with van der Waals surface area (Å²) >= 11 is 5.97. The summed E-state index contributed by atoms with van der Waals surface area (Å²) in [7, 11) is 0. The molecule has 2 N–H and O–H groups in total. The number of nitrogens with one attached hydrogen (secondary N) is 2. The molecular weight excluding hydrogens is 326 g/mol. The second-order valence-corrected chi connectivity index (χ2v) is 6.03. The van der Waals surface area contributed by atoms with Crippen molar-refractivity contribution in [1.29, 1.82) is 0 Å². The van der Waals surface area contributed by atoms with Gasteiger partial charge in [-0.15, -0.1) is 0 Å². The summed E-state index contributed by atoms with van der Waals surface area (Å²) in [4.78, 5) is 23.1. The fourth-order valence-electron chi connectivity index (χ4n) is 2.86. The Kier molecular flexibility index (Phi) is 3.43. The highest BCUT2D eigenvalue weighted by atomic mass is 35.5. The van der Waals surface area contributed by atoms with Gasteiger partial charge in [0.25, 0.3) is 5.56 Å². The lowest BCUT2D eigenvalue weighted by atomic mass is 9.96. The number of rotatable bonds is 2. The van der Waals surface area contributed by atoms with Crippen molar-refractivity contribution in [2.45, 2.75) is 6.42 Å². The summed E-state index contributed by atoms with van der Waals surface area (Å²) in [6.07, 6.45) is 0.327. The number of aromatic nitrogens is 2. The Morgan fingerprint density at radius 3 is 2.46 bits per heavy atom. The van der Waals surface area contributed by atoms with Crippen LogP contribution in [0.2, 0.25) is 5.02 Å². The van der Waals surface area contributed by atoms with Crippen molar-refractivity contribution in [2.24, 2.45) is 0 Å². The number of amides is 1. The lowest BCUT2D eigenvalue weighted by molar-refractivity contribution is -0.115. The van der Waals surface area contributed by atoms with Gasteiger partial charge in [0.05, 0.1) is 17.8 Å². The van der Waals surface area contributed by atoms with Crippen molar-refractivity contribution in [3.8, 4) is 22.4 Å². The molecule has 4 rings (SSSR count). The molecule has 0 atom stereocenters. The third kappa shape index (κ3) is 2.59. The largest absolute Gasteiger partial charge is 0.325 e. The van der Waals surface area contributed by atoms with Crippen LogP contribution in [0.4, 0.5) is 5.69 Å². The van der Waals surface area contributed by atoms with Crippen LogP contribution in [0.15, 0.2) is 53.3 Å². The molecule has 1 aromatic heterocycles. The van der Waals surface area contributed by atoms with Gasteiger partial charge in [-0.3, -0.25) is 9.59 Å². The fraction of sp³-hybridized carbons (Fsp3) is 0.0556. The first-order valence-corrected chi connectivity index (χ1v) is 7.77. The normalized spacial score (nSPS) is 12.8.